The first-order chi connectivity index (χ1) is 9.99. The fraction of sp³-hybridized carbons (Fsp3) is 0.385. The third kappa shape index (κ3) is 3.54. The van der Waals surface area contributed by atoms with Crippen LogP contribution >= 0.6 is 0 Å². The molecule has 112 valence electrons. The Balaban J connectivity index is 2.04. The second-order valence-corrected chi connectivity index (χ2v) is 4.82. The fourth-order valence-corrected chi connectivity index (χ4v) is 2.16. The van der Waals surface area contributed by atoms with Crippen LogP contribution < -0.4 is 10.6 Å². The summed E-state index contributed by atoms with van der Waals surface area (Å²) in [7, 11) is 1.58. The number of amides is 2. The molecule has 1 saturated heterocycles. The third-order valence-electron chi connectivity index (χ3n) is 3.28. The number of hydrogen-bond donors (Lipinski definition) is 2. The van der Waals surface area contributed by atoms with Crippen molar-refractivity contribution in [2.45, 2.75) is 12.6 Å². The van der Waals surface area contributed by atoms with E-state index in [0.29, 0.717) is 5.56 Å². The standard InChI is InChI=1S/C13H16N4O4/c1-16(13(19)10-6-15-12(18)7-14-10)8-9-4-2-3-5-11(9)17(20)21/h2-5,10,14H,6-8H2,1H3,(H,15,18). The van der Waals surface area contributed by atoms with Gasteiger partial charge in [0.2, 0.25) is 11.8 Å². The first-order valence-corrected chi connectivity index (χ1v) is 6.46. The van der Waals surface area contributed by atoms with Gasteiger partial charge in [-0.2, -0.15) is 0 Å². The van der Waals surface area contributed by atoms with Crippen molar-refractivity contribution in [2.24, 2.45) is 0 Å². The molecule has 1 aromatic rings. The topological polar surface area (TPSA) is 105 Å². The normalized spacial score (nSPS) is 18.0. The summed E-state index contributed by atoms with van der Waals surface area (Å²) < 4.78 is 0. The van der Waals surface area contributed by atoms with Crippen LogP contribution in [0.5, 0.6) is 0 Å². The Morgan fingerprint density at radius 3 is 2.81 bits per heavy atom. The van der Waals surface area contributed by atoms with Crippen LogP contribution in [0.2, 0.25) is 0 Å². The highest BCUT2D eigenvalue weighted by Crippen LogP contribution is 2.19. The van der Waals surface area contributed by atoms with Crippen molar-refractivity contribution in [1.82, 2.24) is 15.5 Å². The molecule has 1 aliphatic heterocycles. The molecule has 0 spiro atoms. The van der Waals surface area contributed by atoms with Crippen LogP contribution in [0, 0.1) is 10.1 Å². The SMILES string of the molecule is CN(Cc1ccccc1[N+](=O)[O-])C(=O)C1CNC(=O)CN1. The van der Waals surface area contributed by atoms with Crippen molar-refractivity contribution in [3.63, 3.8) is 0 Å². The lowest BCUT2D eigenvalue weighted by Gasteiger charge is -2.27. The van der Waals surface area contributed by atoms with E-state index in [1.54, 1.807) is 25.2 Å². The van der Waals surface area contributed by atoms with Crippen LogP contribution in [0.15, 0.2) is 24.3 Å². The molecule has 8 nitrogen and oxygen atoms in total. The maximum absolute atomic E-state index is 12.2. The second-order valence-electron chi connectivity index (χ2n) is 4.82. The number of carbonyl (C=O) groups excluding carboxylic acids is 2. The van der Waals surface area contributed by atoms with Gasteiger partial charge in [0.15, 0.2) is 0 Å². The number of para-hydroxylation sites is 1. The Hall–Kier alpha value is -2.48. The van der Waals surface area contributed by atoms with E-state index in [1.807, 2.05) is 0 Å². The van der Waals surface area contributed by atoms with Gasteiger partial charge in [-0.25, -0.2) is 0 Å². The van der Waals surface area contributed by atoms with E-state index in [-0.39, 0.29) is 37.1 Å². The largest absolute Gasteiger partial charge is 0.353 e. The number of likely N-dealkylation sites (N-methyl/N-ethyl adjacent to an activating group) is 1. The molecule has 1 atom stereocenters. The quantitative estimate of drug-likeness (QED) is 0.582. The lowest BCUT2D eigenvalue weighted by molar-refractivity contribution is -0.385. The molecule has 2 N–H and O–H groups in total. The number of rotatable bonds is 4. The second kappa shape index (κ2) is 6.31. The van der Waals surface area contributed by atoms with Crippen molar-refractivity contribution in [3.05, 3.63) is 39.9 Å². The van der Waals surface area contributed by atoms with Gasteiger partial charge in [0.05, 0.1) is 18.0 Å². The predicted molar refractivity (Wildman–Crippen MR) is 74.4 cm³/mol. The van der Waals surface area contributed by atoms with Gasteiger partial charge in [-0.1, -0.05) is 18.2 Å². The van der Waals surface area contributed by atoms with Crippen molar-refractivity contribution in [2.75, 3.05) is 20.1 Å². The van der Waals surface area contributed by atoms with E-state index in [0.717, 1.165) is 0 Å². The van der Waals surface area contributed by atoms with Gasteiger partial charge in [-0.15, -0.1) is 0 Å². The van der Waals surface area contributed by atoms with E-state index in [1.165, 1.54) is 11.0 Å². The van der Waals surface area contributed by atoms with Gasteiger partial charge in [0.25, 0.3) is 5.69 Å². The summed E-state index contributed by atoms with van der Waals surface area (Å²) in [4.78, 5) is 35.2. The van der Waals surface area contributed by atoms with Crippen LogP contribution in [0.1, 0.15) is 5.56 Å². The zero-order valence-corrected chi connectivity index (χ0v) is 11.5. The van der Waals surface area contributed by atoms with E-state index < -0.39 is 11.0 Å². The molecule has 0 aliphatic carbocycles. The highest BCUT2D eigenvalue weighted by atomic mass is 16.6. The zero-order valence-electron chi connectivity index (χ0n) is 11.5. The number of benzene rings is 1. The Bertz CT molecular complexity index is 565. The molecule has 2 amide bonds. The lowest BCUT2D eigenvalue weighted by atomic mass is 10.1. The lowest BCUT2D eigenvalue weighted by Crippen LogP contribution is -2.58. The molecule has 1 fully saturated rings. The summed E-state index contributed by atoms with van der Waals surface area (Å²) in [6.45, 7) is 0.455. The average Bonchev–Trinajstić information content (AvgIpc) is 2.47. The Morgan fingerprint density at radius 2 is 2.19 bits per heavy atom. The van der Waals surface area contributed by atoms with Gasteiger partial charge >= 0.3 is 0 Å². The van der Waals surface area contributed by atoms with Crippen molar-refractivity contribution < 1.29 is 14.5 Å². The minimum Gasteiger partial charge on any atom is -0.353 e. The predicted octanol–water partition coefficient (Wildman–Crippen LogP) is -0.359. The summed E-state index contributed by atoms with van der Waals surface area (Å²) in [5.74, 6) is -0.367. The van der Waals surface area contributed by atoms with Gasteiger partial charge < -0.3 is 10.2 Å². The Kier molecular flexibility index (Phi) is 4.49. The monoisotopic (exact) mass is 292 g/mol. The highest BCUT2D eigenvalue weighted by Gasteiger charge is 2.27. The van der Waals surface area contributed by atoms with Crippen LogP contribution in [0.3, 0.4) is 0 Å². The summed E-state index contributed by atoms with van der Waals surface area (Å²) in [6.07, 6.45) is 0. The van der Waals surface area contributed by atoms with Crippen molar-refractivity contribution >= 4 is 17.5 Å². The number of hydrogen-bond acceptors (Lipinski definition) is 5. The van der Waals surface area contributed by atoms with Gasteiger partial charge in [-0.3, -0.25) is 25.0 Å². The molecule has 0 radical (unpaired) electrons. The molecule has 1 aromatic carbocycles. The molecule has 0 bridgehead atoms. The molecule has 0 saturated carbocycles. The summed E-state index contributed by atoms with van der Waals surface area (Å²) in [6, 6.07) is 5.81. The van der Waals surface area contributed by atoms with Gasteiger partial charge in [-0.05, 0) is 0 Å². The molecular formula is C13H16N4O4. The van der Waals surface area contributed by atoms with Crippen LogP contribution in [0.4, 0.5) is 5.69 Å². The van der Waals surface area contributed by atoms with Gasteiger partial charge in [0.1, 0.15) is 6.04 Å². The van der Waals surface area contributed by atoms with Crippen LogP contribution in [-0.4, -0.2) is 47.8 Å². The number of piperazine rings is 1. The first-order valence-electron chi connectivity index (χ1n) is 6.46. The molecule has 2 rings (SSSR count). The molecule has 1 heterocycles. The molecule has 1 unspecified atom stereocenters. The number of nitro benzene ring substituents is 1. The van der Waals surface area contributed by atoms with E-state index >= 15 is 0 Å². The summed E-state index contributed by atoms with van der Waals surface area (Å²) in [5.41, 5.74) is 0.459. The van der Waals surface area contributed by atoms with Crippen molar-refractivity contribution in [1.29, 1.82) is 0 Å². The molecular weight excluding hydrogens is 276 g/mol. The first kappa shape index (κ1) is 14.9. The molecule has 1 aliphatic rings. The maximum Gasteiger partial charge on any atom is 0.274 e. The molecule has 8 heteroatoms. The van der Waals surface area contributed by atoms with Crippen LogP contribution in [0.25, 0.3) is 0 Å². The number of nitrogens with one attached hydrogen (secondary N) is 2. The summed E-state index contributed by atoms with van der Waals surface area (Å²) >= 11 is 0. The fourth-order valence-electron chi connectivity index (χ4n) is 2.16. The zero-order chi connectivity index (χ0) is 15.4. The van der Waals surface area contributed by atoms with Crippen molar-refractivity contribution in [3.8, 4) is 0 Å². The van der Waals surface area contributed by atoms with Crippen LogP contribution in [-0.2, 0) is 16.1 Å². The third-order valence-corrected chi connectivity index (χ3v) is 3.28. The highest BCUT2D eigenvalue weighted by molar-refractivity contribution is 5.86. The smallest absolute Gasteiger partial charge is 0.274 e. The number of nitro groups is 1. The average molecular weight is 292 g/mol. The molecule has 21 heavy (non-hydrogen) atoms. The van der Waals surface area contributed by atoms with Gasteiger partial charge in [0, 0.05) is 25.2 Å². The van der Waals surface area contributed by atoms with E-state index in [4.69, 9.17) is 0 Å². The number of nitrogens with zero attached hydrogens (tertiary/aromatic N) is 2. The van der Waals surface area contributed by atoms with E-state index in [2.05, 4.69) is 10.6 Å². The minimum absolute atomic E-state index is 0.0120. The number of carbonyl (C=O) groups is 2. The van der Waals surface area contributed by atoms with E-state index in [9.17, 15) is 19.7 Å². The Morgan fingerprint density at radius 1 is 1.48 bits per heavy atom. The minimum atomic E-state index is -0.504. The summed E-state index contributed by atoms with van der Waals surface area (Å²) in [5, 5.41) is 16.4. The maximum atomic E-state index is 12.2. The Labute approximate surface area is 121 Å². The molecule has 0 aromatic heterocycles.